The molecular weight excluding hydrogens is 442 g/mol. The van der Waals surface area contributed by atoms with Crippen LogP contribution in [0.25, 0.3) is 0 Å². The molecule has 0 aromatic heterocycles. The monoisotopic (exact) mass is 471 g/mol. The van der Waals surface area contributed by atoms with Crippen LogP contribution in [0.1, 0.15) is 40.5 Å². The SMILES string of the molecule is CCOC(=O)[C@@H]1CC[C@@H](N(C)S(=O)(=O)c2ccccc2[N+](=O)[O-])CN1C(=O)OC(C)(C)C. The van der Waals surface area contributed by atoms with E-state index in [-0.39, 0.29) is 26.0 Å². The Bertz CT molecular complexity index is 973. The van der Waals surface area contributed by atoms with Crippen molar-refractivity contribution in [3.8, 4) is 0 Å². The summed E-state index contributed by atoms with van der Waals surface area (Å²) in [6.07, 6.45) is -0.365. The number of hydrogen-bond donors (Lipinski definition) is 0. The molecule has 32 heavy (non-hydrogen) atoms. The van der Waals surface area contributed by atoms with E-state index in [0.29, 0.717) is 0 Å². The number of nitrogens with zero attached hydrogens (tertiary/aromatic N) is 3. The summed E-state index contributed by atoms with van der Waals surface area (Å²) < 4.78 is 37.8. The van der Waals surface area contributed by atoms with Crippen LogP contribution in [-0.4, -0.2) is 72.5 Å². The molecule has 178 valence electrons. The molecule has 1 saturated heterocycles. The minimum absolute atomic E-state index is 0.130. The molecule has 1 amide bonds. The molecule has 1 fully saturated rings. The van der Waals surface area contributed by atoms with E-state index in [1.807, 2.05) is 0 Å². The zero-order valence-electron chi connectivity index (χ0n) is 18.8. The van der Waals surface area contributed by atoms with Gasteiger partial charge in [-0.1, -0.05) is 12.1 Å². The van der Waals surface area contributed by atoms with Crippen molar-refractivity contribution in [3.05, 3.63) is 34.4 Å². The molecule has 2 rings (SSSR count). The number of sulfonamides is 1. The van der Waals surface area contributed by atoms with Crippen LogP contribution in [0.2, 0.25) is 0 Å². The van der Waals surface area contributed by atoms with Crippen LogP contribution >= 0.6 is 0 Å². The Morgan fingerprint density at radius 1 is 1.25 bits per heavy atom. The Hall–Kier alpha value is -2.73. The van der Waals surface area contributed by atoms with Gasteiger partial charge in [0, 0.05) is 25.7 Å². The van der Waals surface area contributed by atoms with Crippen molar-refractivity contribution in [1.29, 1.82) is 0 Å². The summed E-state index contributed by atoms with van der Waals surface area (Å²) in [5, 5.41) is 11.3. The smallest absolute Gasteiger partial charge is 0.411 e. The third kappa shape index (κ3) is 5.74. The van der Waals surface area contributed by atoms with Crippen molar-refractivity contribution in [2.75, 3.05) is 20.2 Å². The van der Waals surface area contributed by atoms with Gasteiger partial charge in [0.15, 0.2) is 4.90 Å². The van der Waals surface area contributed by atoms with E-state index in [2.05, 4.69) is 0 Å². The van der Waals surface area contributed by atoms with Crippen molar-refractivity contribution < 1.29 is 32.4 Å². The second-order valence-electron chi connectivity index (χ2n) is 8.38. The van der Waals surface area contributed by atoms with E-state index in [1.165, 1.54) is 30.1 Å². The van der Waals surface area contributed by atoms with Gasteiger partial charge in [-0.05, 0) is 46.6 Å². The highest BCUT2D eigenvalue weighted by atomic mass is 32.2. The van der Waals surface area contributed by atoms with Gasteiger partial charge >= 0.3 is 12.1 Å². The van der Waals surface area contributed by atoms with Gasteiger partial charge in [0.2, 0.25) is 10.0 Å². The molecule has 1 aliphatic heterocycles. The topological polar surface area (TPSA) is 136 Å². The second kappa shape index (κ2) is 9.82. The number of para-hydroxylation sites is 1. The maximum Gasteiger partial charge on any atom is 0.411 e. The lowest BCUT2D eigenvalue weighted by atomic mass is 9.98. The van der Waals surface area contributed by atoms with E-state index >= 15 is 0 Å². The Balaban J connectivity index is 2.35. The summed E-state index contributed by atoms with van der Waals surface area (Å²) in [5.74, 6) is -0.596. The number of ether oxygens (including phenoxy) is 2. The summed E-state index contributed by atoms with van der Waals surface area (Å²) in [7, 11) is -2.95. The number of benzene rings is 1. The number of likely N-dealkylation sites (tertiary alicyclic amines) is 1. The molecule has 0 unspecified atom stereocenters. The average molecular weight is 472 g/mol. The van der Waals surface area contributed by atoms with E-state index in [0.717, 1.165) is 10.4 Å². The van der Waals surface area contributed by atoms with Crippen LogP contribution in [0.5, 0.6) is 0 Å². The van der Waals surface area contributed by atoms with Gasteiger partial charge in [-0.2, -0.15) is 4.31 Å². The lowest BCUT2D eigenvalue weighted by molar-refractivity contribution is -0.387. The number of likely N-dealkylation sites (N-methyl/N-ethyl adjacent to an activating group) is 1. The number of carbonyl (C=O) groups excluding carboxylic acids is 2. The molecular formula is C20H29N3O8S. The van der Waals surface area contributed by atoms with Crippen LogP contribution < -0.4 is 0 Å². The summed E-state index contributed by atoms with van der Waals surface area (Å²) in [5.41, 5.74) is -1.37. The standard InChI is InChI=1S/C20H29N3O8S/c1-6-30-18(24)16-12-11-14(13-22(16)19(25)31-20(2,3)4)21(5)32(28,29)17-10-8-7-9-15(17)23(26)27/h7-10,14,16H,6,11-13H2,1-5H3/t14-,16+/m1/s1. The number of nitro groups is 1. The number of carbonyl (C=O) groups is 2. The van der Waals surface area contributed by atoms with Crippen molar-refractivity contribution >= 4 is 27.8 Å². The number of hydrogen-bond acceptors (Lipinski definition) is 8. The summed E-state index contributed by atoms with van der Waals surface area (Å²) in [6.45, 7) is 6.68. The van der Waals surface area contributed by atoms with E-state index < -0.39 is 55.3 Å². The molecule has 1 aromatic rings. The predicted octanol–water partition coefficient (Wildman–Crippen LogP) is 2.55. The molecule has 0 radical (unpaired) electrons. The highest BCUT2D eigenvalue weighted by Gasteiger charge is 2.43. The van der Waals surface area contributed by atoms with Crippen LogP contribution in [0.4, 0.5) is 10.5 Å². The number of esters is 1. The van der Waals surface area contributed by atoms with Crippen LogP contribution in [0.15, 0.2) is 29.2 Å². The minimum Gasteiger partial charge on any atom is -0.464 e. The van der Waals surface area contributed by atoms with Gasteiger partial charge in [-0.25, -0.2) is 18.0 Å². The van der Waals surface area contributed by atoms with Crippen molar-refractivity contribution in [1.82, 2.24) is 9.21 Å². The first-order chi connectivity index (χ1) is 14.8. The number of amides is 1. The maximum atomic E-state index is 13.2. The lowest BCUT2D eigenvalue weighted by Crippen LogP contribution is -2.57. The first-order valence-electron chi connectivity index (χ1n) is 10.2. The van der Waals surface area contributed by atoms with E-state index in [4.69, 9.17) is 9.47 Å². The molecule has 2 atom stereocenters. The maximum absolute atomic E-state index is 13.2. The third-order valence-electron chi connectivity index (χ3n) is 4.98. The molecule has 1 heterocycles. The Morgan fingerprint density at radius 3 is 2.44 bits per heavy atom. The van der Waals surface area contributed by atoms with Crippen molar-refractivity contribution in [2.24, 2.45) is 0 Å². The highest BCUT2D eigenvalue weighted by Crippen LogP contribution is 2.30. The molecule has 0 spiro atoms. The second-order valence-corrected chi connectivity index (χ2v) is 10.3. The molecule has 1 aliphatic rings. The first-order valence-corrected chi connectivity index (χ1v) is 11.6. The molecule has 0 N–H and O–H groups in total. The van der Waals surface area contributed by atoms with Crippen LogP contribution in [-0.2, 0) is 24.3 Å². The molecule has 0 aliphatic carbocycles. The Kier molecular flexibility index (Phi) is 7.83. The summed E-state index contributed by atoms with van der Waals surface area (Å²) in [6, 6.07) is 3.43. The molecule has 0 bridgehead atoms. The van der Waals surface area contributed by atoms with E-state index in [1.54, 1.807) is 27.7 Å². The molecule has 12 heteroatoms. The van der Waals surface area contributed by atoms with Gasteiger partial charge in [-0.15, -0.1) is 0 Å². The Morgan fingerprint density at radius 2 is 1.88 bits per heavy atom. The lowest BCUT2D eigenvalue weighted by Gasteiger charge is -2.41. The quantitative estimate of drug-likeness (QED) is 0.351. The van der Waals surface area contributed by atoms with E-state index in [9.17, 15) is 28.1 Å². The average Bonchev–Trinajstić information content (AvgIpc) is 2.71. The molecule has 0 saturated carbocycles. The van der Waals surface area contributed by atoms with Crippen LogP contribution in [0.3, 0.4) is 0 Å². The predicted molar refractivity (Wildman–Crippen MR) is 114 cm³/mol. The van der Waals surface area contributed by atoms with Gasteiger partial charge in [0.25, 0.3) is 5.69 Å². The van der Waals surface area contributed by atoms with Gasteiger partial charge in [-0.3, -0.25) is 15.0 Å². The fraction of sp³-hybridized carbons (Fsp3) is 0.600. The van der Waals surface area contributed by atoms with Crippen LogP contribution in [0, 0.1) is 10.1 Å². The zero-order valence-corrected chi connectivity index (χ0v) is 19.6. The molecule has 11 nitrogen and oxygen atoms in total. The highest BCUT2D eigenvalue weighted by molar-refractivity contribution is 7.89. The number of rotatable bonds is 6. The van der Waals surface area contributed by atoms with Crippen molar-refractivity contribution in [3.63, 3.8) is 0 Å². The van der Waals surface area contributed by atoms with Crippen molar-refractivity contribution in [2.45, 2.75) is 63.1 Å². The number of nitro benzene ring substituents is 1. The molecule has 1 aromatic carbocycles. The summed E-state index contributed by atoms with van der Waals surface area (Å²) >= 11 is 0. The number of piperidine rings is 1. The Labute approximate surface area is 187 Å². The summed E-state index contributed by atoms with van der Waals surface area (Å²) in [4.78, 5) is 36.5. The van der Waals surface area contributed by atoms with Gasteiger partial charge in [0.1, 0.15) is 11.6 Å². The largest absolute Gasteiger partial charge is 0.464 e. The zero-order chi connectivity index (χ0) is 24.3. The first kappa shape index (κ1) is 25.5. The minimum atomic E-state index is -4.25. The normalized spacial score (nSPS) is 19.5. The van der Waals surface area contributed by atoms with Gasteiger partial charge in [0.05, 0.1) is 11.5 Å². The fourth-order valence-corrected chi connectivity index (χ4v) is 4.96. The third-order valence-corrected chi connectivity index (χ3v) is 6.93. The fourth-order valence-electron chi connectivity index (χ4n) is 3.43. The van der Waals surface area contributed by atoms with Gasteiger partial charge < -0.3 is 9.47 Å².